The highest BCUT2D eigenvalue weighted by molar-refractivity contribution is 7.98. The number of aromatic nitrogens is 2. The van der Waals surface area contributed by atoms with Gasteiger partial charge in [-0.1, -0.05) is 12.1 Å². The average Bonchev–Trinajstić information content (AvgIpc) is 2.78. The average molecular weight is 355 g/mol. The first-order valence-corrected chi connectivity index (χ1v) is 9.79. The third-order valence-electron chi connectivity index (χ3n) is 3.68. The number of thioether (sulfide) groups is 1. The van der Waals surface area contributed by atoms with Crippen LogP contribution in [0.3, 0.4) is 0 Å². The zero-order valence-corrected chi connectivity index (χ0v) is 15.2. The lowest BCUT2D eigenvalue weighted by atomic mass is 10.1. The van der Waals surface area contributed by atoms with Gasteiger partial charge >= 0.3 is 0 Å². The Morgan fingerprint density at radius 2 is 1.91 bits per heavy atom. The van der Waals surface area contributed by atoms with Crippen molar-refractivity contribution in [3.8, 4) is 0 Å². The largest absolute Gasteiger partial charge is 0.387 e. The molecule has 0 radical (unpaired) electrons. The Bertz CT molecular complexity index is 783. The molecule has 2 aromatic rings. The van der Waals surface area contributed by atoms with Gasteiger partial charge in [0, 0.05) is 18.5 Å². The number of aliphatic hydroxyl groups excluding tert-OH is 1. The molecule has 6 nitrogen and oxygen atoms in total. The molecule has 0 spiro atoms. The van der Waals surface area contributed by atoms with Gasteiger partial charge < -0.3 is 5.11 Å². The summed E-state index contributed by atoms with van der Waals surface area (Å²) in [5, 5.41) is 14.3. The Hall–Kier alpha value is -1.35. The molecule has 1 heterocycles. The molecule has 0 saturated heterocycles. The quantitative estimate of drug-likeness (QED) is 0.772. The number of sulfonamides is 1. The van der Waals surface area contributed by atoms with E-state index in [9.17, 15) is 13.5 Å². The molecule has 0 fully saturated rings. The lowest BCUT2D eigenvalue weighted by Gasteiger charge is -2.13. The Morgan fingerprint density at radius 1 is 1.30 bits per heavy atom. The minimum Gasteiger partial charge on any atom is -0.387 e. The molecule has 126 valence electrons. The SMILES string of the molecule is CSc1ccc([C@@H](O)CNS(=O)(=O)c2c(C)nn(C)c2C)cc1. The summed E-state index contributed by atoms with van der Waals surface area (Å²) >= 11 is 1.61. The lowest BCUT2D eigenvalue weighted by molar-refractivity contribution is 0.182. The fourth-order valence-electron chi connectivity index (χ4n) is 2.35. The van der Waals surface area contributed by atoms with Crippen molar-refractivity contribution in [1.29, 1.82) is 0 Å². The van der Waals surface area contributed by atoms with E-state index in [1.165, 1.54) is 4.68 Å². The second kappa shape index (κ2) is 7.04. The second-order valence-electron chi connectivity index (χ2n) is 5.26. The first-order chi connectivity index (χ1) is 10.8. The Balaban J connectivity index is 2.12. The van der Waals surface area contributed by atoms with Crippen molar-refractivity contribution in [3.05, 3.63) is 41.2 Å². The highest BCUT2D eigenvalue weighted by Crippen LogP contribution is 2.21. The summed E-state index contributed by atoms with van der Waals surface area (Å²) < 4.78 is 28.9. The number of aryl methyl sites for hydroxylation is 2. The number of rotatable bonds is 6. The molecule has 1 aromatic carbocycles. The Kier molecular flexibility index (Phi) is 5.51. The number of hydrogen-bond acceptors (Lipinski definition) is 5. The molecule has 2 N–H and O–H groups in total. The van der Waals surface area contributed by atoms with E-state index in [2.05, 4.69) is 9.82 Å². The highest BCUT2D eigenvalue weighted by Gasteiger charge is 2.24. The lowest BCUT2D eigenvalue weighted by Crippen LogP contribution is -2.29. The molecule has 1 atom stereocenters. The van der Waals surface area contributed by atoms with Crippen LogP contribution in [0.4, 0.5) is 0 Å². The summed E-state index contributed by atoms with van der Waals surface area (Å²) in [7, 11) is -2.02. The Morgan fingerprint density at radius 3 is 2.39 bits per heavy atom. The smallest absolute Gasteiger partial charge is 0.244 e. The van der Waals surface area contributed by atoms with E-state index in [1.807, 2.05) is 18.4 Å². The number of hydrogen-bond donors (Lipinski definition) is 2. The van der Waals surface area contributed by atoms with Crippen molar-refractivity contribution in [2.45, 2.75) is 29.7 Å². The van der Waals surface area contributed by atoms with Gasteiger partial charge in [0.25, 0.3) is 0 Å². The maximum absolute atomic E-state index is 12.4. The summed E-state index contributed by atoms with van der Waals surface area (Å²) in [6, 6.07) is 7.39. The van der Waals surface area contributed by atoms with E-state index in [0.717, 1.165) is 4.90 Å². The van der Waals surface area contributed by atoms with Crippen LogP contribution in [0.15, 0.2) is 34.1 Å². The Labute approximate surface area is 141 Å². The third-order valence-corrected chi connectivity index (χ3v) is 6.10. The van der Waals surface area contributed by atoms with Crippen molar-refractivity contribution < 1.29 is 13.5 Å². The molecular formula is C15H21N3O3S2. The predicted octanol–water partition coefficient (Wildman–Crippen LogP) is 1.77. The van der Waals surface area contributed by atoms with E-state index in [1.54, 1.807) is 44.8 Å². The van der Waals surface area contributed by atoms with Crippen LogP contribution >= 0.6 is 11.8 Å². The fraction of sp³-hybridized carbons (Fsp3) is 0.400. The highest BCUT2D eigenvalue weighted by atomic mass is 32.2. The van der Waals surface area contributed by atoms with Crippen molar-refractivity contribution in [2.24, 2.45) is 7.05 Å². The van der Waals surface area contributed by atoms with Gasteiger partial charge in [-0.15, -0.1) is 11.8 Å². The molecule has 2 rings (SSSR count). The van der Waals surface area contributed by atoms with Crippen LogP contribution in [0.5, 0.6) is 0 Å². The predicted molar refractivity (Wildman–Crippen MR) is 91.1 cm³/mol. The van der Waals surface area contributed by atoms with E-state index in [0.29, 0.717) is 17.0 Å². The minimum absolute atomic E-state index is 0.0886. The molecule has 0 aliphatic rings. The monoisotopic (exact) mass is 355 g/mol. The van der Waals surface area contributed by atoms with Gasteiger partial charge in [-0.2, -0.15) is 5.10 Å². The summed E-state index contributed by atoms with van der Waals surface area (Å²) in [5.41, 5.74) is 1.68. The number of benzene rings is 1. The molecule has 0 aliphatic carbocycles. The molecule has 0 amide bonds. The van der Waals surface area contributed by atoms with Crippen molar-refractivity contribution in [1.82, 2.24) is 14.5 Å². The summed E-state index contributed by atoms with van der Waals surface area (Å²) in [6.45, 7) is 3.26. The summed E-state index contributed by atoms with van der Waals surface area (Å²) in [4.78, 5) is 1.26. The molecule has 1 aromatic heterocycles. The van der Waals surface area contributed by atoms with Gasteiger partial charge in [0.2, 0.25) is 10.0 Å². The van der Waals surface area contributed by atoms with Gasteiger partial charge in [0.05, 0.1) is 17.5 Å². The van der Waals surface area contributed by atoms with Crippen LogP contribution in [0, 0.1) is 13.8 Å². The number of nitrogens with zero attached hydrogens (tertiary/aromatic N) is 2. The zero-order valence-electron chi connectivity index (χ0n) is 13.6. The summed E-state index contributed by atoms with van der Waals surface area (Å²) in [5.74, 6) is 0. The molecule has 8 heteroatoms. The first kappa shape index (κ1) is 18.0. The first-order valence-electron chi connectivity index (χ1n) is 7.08. The van der Waals surface area contributed by atoms with Crippen LogP contribution in [-0.2, 0) is 17.1 Å². The molecule has 0 bridgehead atoms. The van der Waals surface area contributed by atoms with E-state index in [-0.39, 0.29) is 11.4 Å². The van der Waals surface area contributed by atoms with Crippen molar-refractivity contribution in [3.63, 3.8) is 0 Å². The molecular weight excluding hydrogens is 334 g/mol. The maximum Gasteiger partial charge on any atom is 0.244 e. The van der Waals surface area contributed by atoms with Crippen LogP contribution < -0.4 is 4.72 Å². The fourth-order valence-corrected chi connectivity index (χ4v) is 4.23. The second-order valence-corrected chi connectivity index (χ2v) is 7.85. The van der Waals surface area contributed by atoms with Crippen LogP contribution in [0.1, 0.15) is 23.1 Å². The van der Waals surface area contributed by atoms with Gasteiger partial charge in [-0.05, 0) is 37.8 Å². The standard InChI is InChI=1S/C15H21N3O3S2/c1-10-15(11(2)18(3)17-10)23(20,21)16-9-14(19)12-5-7-13(22-4)8-6-12/h5-8,14,16,19H,9H2,1-4H3/t14-/m0/s1. The van der Waals surface area contributed by atoms with E-state index in [4.69, 9.17) is 0 Å². The maximum atomic E-state index is 12.4. The third kappa shape index (κ3) is 3.95. The number of aliphatic hydroxyl groups is 1. The zero-order chi connectivity index (χ0) is 17.2. The molecule has 23 heavy (non-hydrogen) atoms. The van der Waals surface area contributed by atoms with Crippen LogP contribution in [0.2, 0.25) is 0 Å². The van der Waals surface area contributed by atoms with Gasteiger partial charge in [0.1, 0.15) is 4.90 Å². The minimum atomic E-state index is -3.71. The van der Waals surface area contributed by atoms with Crippen molar-refractivity contribution in [2.75, 3.05) is 12.8 Å². The van der Waals surface area contributed by atoms with Crippen LogP contribution in [0.25, 0.3) is 0 Å². The van der Waals surface area contributed by atoms with Crippen LogP contribution in [-0.4, -0.2) is 36.1 Å². The molecule has 0 aliphatic heterocycles. The molecule has 0 unspecified atom stereocenters. The normalized spacial score (nSPS) is 13.3. The van der Waals surface area contributed by atoms with Gasteiger partial charge in [0.15, 0.2) is 0 Å². The topological polar surface area (TPSA) is 84.2 Å². The molecule has 0 saturated carbocycles. The van der Waals surface area contributed by atoms with Gasteiger partial charge in [-0.3, -0.25) is 4.68 Å². The van der Waals surface area contributed by atoms with E-state index >= 15 is 0 Å². The van der Waals surface area contributed by atoms with Gasteiger partial charge in [-0.25, -0.2) is 13.1 Å². The van der Waals surface area contributed by atoms with E-state index < -0.39 is 16.1 Å². The summed E-state index contributed by atoms with van der Waals surface area (Å²) in [6.07, 6.45) is 1.07. The van der Waals surface area contributed by atoms with Crippen molar-refractivity contribution >= 4 is 21.8 Å². The number of nitrogens with one attached hydrogen (secondary N) is 1.